The van der Waals surface area contributed by atoms with Gasteiger partial charge < -0.3 is 5.32 Å². The van der Waals surface area contributed by atoms with E-state index in [0.29, 0.717) is 18.8 Å². The van der Waals surface area contributed by atoms with E-state index >= 15 is 0 Å². The maximum atomic E-state index is 12.1. The molecule has 0 spiro atoms. The molecule has 1 aliphatic rings. The Morgan fingerprint density at radius 2 is 2.00 bits per heavy atom. The van der Waals surface area contributed by atoms with Crippen LogP contribution in [0.1, 0.15) is 12.8 Å². The van der Waals surface area contributed by atoms with Crippen LogP contribution in [0.2, 0.25) is 0 Å². The highest BCUT2D eigenvalue weighted by Gasteiger charge is 2.24. The minimum absolute atomic E-state index is 0.0548. The molecule has 1 aliphatic heterocycles. The van der Waals surface area contributed by atoms with Crippen LogP contribution >= 0.6 is 0 Å². The minimum Gasteiger partial charge on any atom is -0.355 e. The molecule has 0 unspecified atom stereocenters. The summed E-state index contributed by atoms with van der Waals surface area (Å²) in [6.45, 7) is 2.85. The molecule has 1 heterocycles. The number of amides is 1. The summed E-state index contributed by atoms with van der Waals surface area (Å²) in [6, 6.07) is 9.33. The van der Waals surface area contributed by atoms with Crippen molar-refractivity contribution in [2.45, 2.75) is 17.7 Å². The zero-order valence-corrected chi connectivity index (χ0v) is 13.5. The van der Waals surface area contributed by atoms with E-state index in [9.17, 15) is 9.00 Å². The number of rotatable bonds is 6. The number of terminal acetylenes is 1. The molecule has 22 heavy (non-hydrogen) atoms. The lowest BCUT2D eigenvalue weighted by Crippen LogP contribution is -2.41. The normalized spacial score (nSPS) is 17.6. The van der Waals surface area contributed by atoms with E-state index in [-0.39, 0.29) is 11.8 Å². The van der Waals surface area contributed by atoms with E-state index in [1.165, 1.54) is 0 Å². The SMILES string of the molecule is C#CCN1CCC(C(=O)NCC[S@](=O)c2ccccc2)CC1. The number of nitrogens with one attached hydrogen (secondary N) is 1. The average molecular weight is 318 g/mol. The van der Waals surface area contributed by atoms with Gasteiger partial charge >= 0.3 is 0 Å². The van der Waals surface area contributed by atoms with Crippen molar-refractivity contribution in [3.63, 3.8) is 0 Å². The molecule has 0 radical (unpaired) electrons. The molecular weight excluding hydrogens is 296 g/mol. The highest BCUT2D eigenvalue weighted by Crippen LogP contribution is 2.16. The highest BCUT2D eigenvalue weighted by atomic mass is 32.2. The molecule has 5 heteroatoms. The second-order valence-corrected chi connectivity index (χ2v) is 6.98. The van der Waals surface area contributed by atoms with E-state index in [1.54, 1.807) is 0 Å². The molecule has 1 saturated heterocycles. The third-order valence-electron chi connectivity index (χ3n) is 3.87. The topological polar surface area (TPSA) is 49.4 Å². The number of hydrogen-bond donors (Lipinski definition) is 1. The second-order valence-electron chi connectivity index (χ2n) is 5.41. The molecule has 1 amide bonds. The molecule has 2 rings (SSSR count). The van der Waals surface area contributed by atoms with Crippen molar-refractivity contribution in [1.29, 1.82) is 0 Å². The maximum absolute atomic E-state index is 12.1. The van der Waals surface area contributed by atoms with E-state index in [0.717, 1.165) is 30.8 Å². The van der Waals surface area contributed by atoms with Crippen LogP contribution in [0.25, 0.3) is 0 Å². The number of nitrogens with zero attached hydrogens (tertiary/aromatic N) is 1. The molecule has 1 fully saturated rings. The van der Waals surface area contributed by atoms with Gasteiger partial charge in [-0.15, -0.1) is 6.42 Å². The smallest absolute Gasteiger partial charge is 0.223 e. The number of likely N-dealkylation sites (tertiary alicyclic amines) is 1. The number of carbonyl (C=O) groups is 1. The summed E-state index contributed by atoms with van der Waals surface area (Å²) >= 11 is 0. The first-order valence-corrected chi connectivity index (χ1v) is 8.89. The highest BCUT2D eigenvalue weighted by molar-refractivity contribution is 7.85. The summed E-state index contributed by atoms with van der Waals surface area (Å²) in [4.78, 5) is 15.1. The largest absolute Gasteiger partial charge is 0.355 e. The molecule has 0 bridgehead atoms. The monoisotopic (exact) mass is 318 g/mol. The predicted molar refractivity (Wildman–Crippen MR) is 88.7 cm³/mol. The van der Waals surface area contributed by atoms with Crippen LogP contribution in [0, 0.1) is 18.3 Å². The zero-order valence-electron chi connectivity index (χ0n) is 12.7. The predicted octanol–water partition coefficient (Wildman–Crippen LogP) is 1.26. The van der Waals surface area contributed by atoms with Crippen molar-refractivity contribution in [2.24, 2.45) is 5.92 Å². The number of carbonyl (C=O) groups excluding carboxylic acids is 1. The number of piperidine rings is 1. The molecule has 1 aromatic carbocycles. The van der Waals surface area contributed by atoms with E-state index in [1.807, 2.05) is 30.3 Å². The summed E-state index contributed by atoms with van der Waals surface area (Å²) in [7, 11) is -1.06. The number of hydrogen-bond acceptors (Lipinski definition) is 3. The average Bonchev–Trinajstić information content (AvgIpc) is 2.56. The van der Waals surface area contributed by atoms with Crippen molar-refractivity contribution in [1.82, 2.24) is 10.2 Å². The molecule has 4 nitrogen and oxygen atoms in total. The third kappa shape index (κ3) is 4.97. The van der Waals surface area contributed by atoms with Gasteiger partial charge in [0.05, 0.1) is 17.3 Å². The fourth-order valence-electron chi connectivity index (χ4n) is 2.58. The van der Waals surface area contributed by atoms with Gasteiger partial charge in [0.25, 0.3) is 0 Å². The zero-order chi connectivity index (χ0) is 15.8. The van der Waals surface area contributed by atoms with Gasteiger partial charge in [0, 0.05) is 23.1 Å². The standard InChI is InChI=1S/C17H22N2O2S/c1-2-11-19-12-8-15(9-13-19)17(20)18-10-14-22(21)16-6-4-3-5-7-16/h1,3-7,15H,8-14H2,(H,18,20)/t22-/m0/s1. The Labute approximate surface area is 134 Å². The fourth-order valence-corrected chi connectivity index (χ4v) is 3.57. The summed E-state index contributed by atoms with van der Waals surface area (Å²) in [5.74, 6) is 3.21. The lowest BCUT2D eigenvalue weighted by molar-refractivity contribution is -0.126. The van der Waals surface area contributed by atoms with Gasteiger partial charge in [-0.1, -0.05) is 24.1 Å². The van der Waals surface area contributed by atoms with Crippen molar-refractivity contribution < 1.29 is 9.00 Å². The van der Waals surface area contributed by atoms with Crippen LogP contribution in [0.3, 0.4) is 0 Å². The molecule has 0 saturated carbocycles. The molecule has 1 atom stereocenters. The molecular formula is C17H22N2O2S. The Balaban J connectivity index is 1.68. The summed E-state index contributed by atoms with van der Waals surface area (Å²) in [5, 5.41) is 2.91. The first-order chi connectivity index (χ1) is 10.7. The molecule has 1 aromatic rings. The molecule has 0 aromatic heterocycles. The van der Waals surface area contributed by atoms with Gasteiger partial charge in [-0.3, -0.25) is 13.9 Å². The molecule has 0 aliphatic carbocycles. The maximum Gasteiger partial charge on any atom is 0.223 e. The first kappa shape index (κ1) is 16.7. The van der Waals surface area contributed by atoms with Crippen molar-refractivity contribution in [2.75, 3.05) is 31.9 Å². The van der Waals surface area contributed by atoms with Crippen LogP contribution in [0.15, 0.2) is 35.2 Å². The molecule has 1 N–H and O–H groups in total. The van der Waals surface area contributed by atoms with Crippen LogP contribution in [0.5, 0.6) is 0 Å². The summed E-state index contributed by atoms with van der Waals surface area (Å²) in [5.41, 5.74) is 0. The Hall–Kier alpha value is -1.64. The van der Waals surface area contributed by atoms with Crippen LogP contribution in [-0.2, 0) is 15.6 Å². The first-order valence-electron chi connectivity index (χ1n) is 7.57. The van der Waals surface area contributed by atoms with Gasteiger partial charge in [0.1, 0.15) is 0 Å². The lowest BCUT2D eigenvalue weighted by atomic mass is 9.96. The van der Waals surface area contributed by atoms with Crippen molar-refractivity contribution >= 4 is 16.7 Å². The van der Waals surface area contributed by atoms with Crippen LogP contribution in [-0.4, -0.2) is 46.9 Å². The van der Waals surface area contributed by atoms with Crippen molar-refractivity contribution in [3.05, 3.63) is 30.3 Å². The van der Waals surface area contributed by atoms with E-state index in [2.05, 4.69) is 16.1 Å². The Morgan fingerprint density at radius 3 is 2.64 bits per heavy atom. The molecule has 118 valence electrons. The minimum atomic E-state index is -1.06. The van der Waals surface area contributed by atoms with Gasteiger partial charge in [-0.05, 0) is 38.1 Å². The Bertz CT molecular complexity index is 546. The number of benzene rings is 1. The van der Waals surface area contributed by atoms with Gasteiger partial charge in [0.15, 0.2) is 0 Å². The van der Waals surface area contributed by atoms with Crippen LogP contribution in [0.4, 0.5) is 0 Å². The Kier molecular flexibility index (Phi) is 6.63. The van der Waals surface area contributed by atoms with Gasteiger partial charge in [-0.2, -0.15) is 0 Å². The Morgan fingerprint density at radius 1 is 1.32 bits per heavy atom. The summed E-state index contributed by atoms with van der Waals surface area (Å²) in [6.07, 6.45) is 6.98. The summed E-state index contributed by atoms with van der Waals surface area (Å²) < 4.78 is 12.1. The van der Waals surface area contributed by atoms with Gasteiger partial charge in [-0.25, -0.2) is 0 Å². The van der Waals surface area contributed by atoms with Crippen molar-refractivity contribution in [3.8, 4) is 12.3 Å². The van der Waals surface area contributed by atoms with Gasteiger partial charge in [0.2, 0.25) is 5.91 Å². The fraction of sp³-hybridized carbons (Fsp3) is 0.471. The quantitative estimate of drug-likeness (QED) is 0.803. The van der Waals surface area contributed by atoms with E-state index in [4.69, 9.17) is 6.42 Å². The lowest BCUT2D eigenvalue weighted by Gasteiger charge is -2.29. The van der Waals surface area contributed by atoms with Crippen LogP contribution < -0.4 is 5.32 Å². The third-order valence-corrected chi connectivity index (χ3v) is 5.24. The second kappa shape index (κ2) is 8.72. The van der Waals surface area contributed by atoms with E-state index < -0.39 is 10.8 Å².